The van der Waals surface area contributed by atoms with Gasteiger partial charge in [0.2, 0.25) is 0 Å². The number of carbonyl (C=O) groups excluding carboxylic acids is 1. The van der Waals surface area contributed by atoms with E-state index in [-0.39, 0.29) is 12.1 Å². The highest BCUT2D eigenvalue weighted by molar-refractivity contribution is 5.81. The van der Waals surface area contributed by atoms with E-state index in [0.717, 1.165) is 44.4 Å². The Labute approximate surface area is 197 Å². The van der Waals surface area contributed by atoms with Crippen LogP contribution in [0.25, 0.3) is 0 Å². The average Bonchev–Trinajstić information content (AvgIpc) is 2.74. The maximum Gasteiger partial charge on any atom is 0.310 e. The minimum absolute atomic E-state index is 0.0478. The number of ether oxygens (including phenoxy) is 1. The molecule has 2 aliphatic carbocycles. The van der Waals surface area contributed by atoms with E-state index >= 15 is 0 Å². The zero-order valence-electron chi connectivity index (χ0n) is 21.5. The van der Waals surface area contributed by atoms with E-state index in [0.29, 0.717) is 30.1 Å². The highest BCUT2D eigenvalue weighted by Gasteiger charge is 2.39. The lowest BCUT2D eigenvalue weighted by molar-refractivity contribution is -0.167. The third-order valence-electron chi connectivity index (χ3n) is 7.94. The molecule has 4 unspecified atom stereocenters. The number of esters is 1. The quantitative estimate of drug-likeness (QED) is 0.328. The topological polar surface area (TPSA) is 63.6 Å². The van der Waals surface area contributed by atoms with Crippen LogP contribution in [-0.4, -0.2) is 23.1 Å². The van der Waals surface area contributed by atoms with Crippen molar-refractivity contribution < 1.29 is 19.4 Å². The van der Waals surface area contributed by atoms with Gasteiger partial charge in [0.25, 0.3) is 0 Å². The molecule has 0 saturated heterocycles. The molecule has 4 nitrogen and oxygen atoms in total. The zero-order chi connectivity index (χ0) is 23.7. The predicted molar refractivity (Wildman–Crippen MR) is 130 cm³/mol. The van der Waals surface area contributed by atoms with Gasteiger partial charge in [0.05, 0.1) is 11.8 Å². The van der Waals surface area contributed by atoms with Crippen molar-refractivity contribution in [2.45, 2.75) is 131 Å². The summed E-state index contributed by atoms with van der Waals surface area (Å²) in [5.74, 6) is -0.239. The number of carboxylic acids is 1. The van der Waals surface area contributed by atoms with E-state index in [2.05, 4.69) is 34.6 Å². The normalized spacial score (nSPS) is 28.7. The first-order valence-electron chi connectivity index (χ1n) is 13.5. The molecule has 0 aromatic heterocycles. The molecule has 0 bridgehead atoms. The van der Waals surface area contributed by atoms with Crippen LogP contribution in [0.4, 0.5) is 0 Å². The Morgan fingerprint density at radius 3 is 2.16 bits per heavy atom. The summed E-state index contributed by atoms with van der Waals surface area (Å²) < 4.78 is 6.20. The van der Waals surface area contributed by atoms with Gasteiger partial charge in [-0.2, -0.15) is 0 Å². The number of hydrogen-bond donors (Lipinski definition) is 1. The molecular formula is C28H50O4. The van der Waals surface area contributed by atoms with Gasteiger partial charge in [-0.25, -0.2) is 0 Å². The number of unbranched alkanes of at least 4 members (excludes halogenated alkanes) is 1. The van der Waals surface area contributed by atoms with E-state index in [9.17, 15) is 14.7 Å². The van der Waals surface area contributed by atoms with Crippen LogP contribution < -0.4 is 0 Å². The molecule has 2 saturated carbocycles. The predicted octanol–water partition coefficient (Wildman–Crippen LogP) is 7.64. The second-order valence-electron chi connectivity index (χ2n) is 12.2. The molecule has 2 aliphatic rings. The first-order valence-corrected chi connectivity index (χ1v) is 13.5. The Morgan fingerprint density at radius 1 is 0.969 bits per heavy atom. The highest BCUT2D eigenvalue weighted by Crippen LogP contribution is 2.38. The Morgan fingerprint density at radius 2 is 1.59 bits per heavy atom. The summed E-state index contributed by atoms with van der Waals surface area (Å²) >= 11 is 0. The lowest BCUT2D eigenvalue weighted by atomic mass is 9.75. The van der Waals surface area contributed by atoms with Crippen molar-refractivity contribution in [3.05, 3.63) is 0 Å². The molecular weight excluding hydrogens is 400 g/mol. The molecule has 0 radical (unpaired) electrons. The van der Waals surface area contributed by atoms with E-state index < -0.39 is 17.8 Å². The molecule has 0 amide bonds. The van der Waals surface area contributed by atoms with Crippen LogP contribution in [0.2, 0.25) is 0 Å². The van der Waals surface area contributed by atoms with Gasteiger partial charge in [-0.1, -0.05) is 79.6 Å². The van der Waals surface area contributed by atoms with Crippen LogP contribution in [0.15, 0.2) is 0 Å². The number of carbonyl (C=O) groups is 2. The summed E-state index contributed by atoms with van der Waals surface area (Å²) in [6.07, 6.45) is 14.9. The zero-order valence-corrected chi connectivity index (χ0v) is 21.5. The lowest BCUT2D eigenvalue weighted by Gasteiger charge is -2.36. The van der Waals surface area contributed by atoms with E-state index in [1.165, 1.54) is 38.5 Å². The van der Waals surface area contributed by atoms with Crippen LogP contribution in [0, 0.1) is 35.0 Å². The van der Waals surface area contributed by atoms with Gasteiger partial charge in [0, 0.05) is 0 Å². The van der Waals surface area contributed by atoms with Crippen molar-refractivity contribution >= 4 is 11.9 Å². The summed E-state index contributed by atoms with van der Waals surface area (Å²) in [5, 5.41) is 9.62. The van der Waals surface area contributed by atoms with Crippen LogP contribution in [0.5, 0.6) is 0 Å². The van der Waals surface area contributed by atoms with Gasteiger partial charge < -0.3 is 9.84 Å². The first kappa shape index (κ1) is 27.2. The van der Waals surface area contributed by atoms with Crippen LogP contribution >= 0.6 is 0 Å². The van der Waals surface area contributed by atoms with Gasteiger partial charge >= 0.3 is 11.9 Å². The third kappa shape index (κ3) is 9.06. The molecule has 0 aromatic carbocycles. The number of aliphatic carboxylic acids is 1. The lowest BCUT2D eigenvalue weighted by Crippen LogP contribution is -2.38. The van der Waals surface area contributed by atoms with E-state index in [4.69, 9.17) is 4.74 Å². The van der Waals surface area contributed by atoms with Crippen molar-refractivity contribution in [3.8, 4) is 0 Å². The maximum absolute atomic E-state index is 13.2. The van der Waals surface area contributed by atoms with Crippen LogP contribution in [0.1, 0.15) is 125 Å². The molecule has 186 valence electrons. The second-order valence-corrected chi connectivity index (χ2v) is 12.2. The van der Waals surface area contributed by atoms with Crippen molar-refractivity contribution in [2.24, 2.45) is 35.0 Å². The number of rotatable bonds is 11. The fraction of sp³-hybridized carbons (Fsp3) is 0.929. The van der Waals surface area contributed by atoms with E-state index in [1.54, 1.807) is 0 Å². The fourth-order valence-corrected chi connectivity index (χ4v) is 6.27. The molecule has 32 heavy (non-hydrogen) atoms. The van der Waals surface area contributed by atoms with Crippen molar-refractivity contribution in [2.75, 3.05) is 0 Å². The van der Waals surface area contributed by atoms with Crippen molar-refractivity contribution in [3.63, 3.8) is 0 Å². The monoisotopic (exact) mass is 450 g/mol. The van der Waals surface area contributed by atoms with Gasteiger partial charge in [0.15, 0.2) is 0 Å². The van der Waals surface area contributed by atoms with Gasteiger partial charge in [0.1, 0.15) is 6.10 Å². The summed E-state index contributed by atoms with van der Waals surface area (Å²) in [4.78, 5) is 24.9. The minimum Gasteiger partial charge on any atom is -0.481 e. The summed E-state index contributed by atoms with van der Waals surface area (Å²) in [7, 11) is 0. The standard InChI is InChI=1S/C28H50O4/c1-6-7-10-21-14-16-22(17-15-21)25(18-13-20(2)19-28(3,4)5)32-27(31)24-12-9-8-11-23(24)26(29)30/h20-25H,6-19H2,1-5H3,(H,29,30). The minimum atomic E-state index is -0.835. The largest absolute Gasteiger partial charge is 0.481 e. The Balaban J connectivity index is 2.01. The Hall–Kier alpha value is -1.06. The van der Waals surface area contributed by atoms with Crippen molar-refractivity contribution in [1.82, 2.24) is 0 Å². The average molecular weight is 451 g/mol. The number of carboxylic acid groups (broad SMARTS) is 1. The molecule has 1 N–H and O–H groups in total. The molecule has 0 aliphatic heterocycles. The van der Waals surface area contributed by atoms with Gasteiger partial charge in [-0.05, 0) is 68.1 Å². The summed E-state index contributed by atoms with van der Waals surface area (Å²) in [6, 6.07) is 0. The molecule has 4 heteroatoms. The Kier molecular flexibility index (Phi) is 11.0. The SMILES string of the molecule is CCCCC1CCC(C(CCC(C)CC(C)(C)C)OC(=O)C2CCCCC2C(=O)O)CC1. The fourth-order valence-electron chi connectivity index (χ4n) is 6.27. The summed E-state index contributed by atoms with van der Waals surface area (Å²) in [5.41, 5.74) is 0.305. The number of hydrogen-bond acceptors (Lipinski definition) is 3. The summed E-state index contributed by atoms with van der Waals surface area (Å²) in [6.45, 7) is 11.4. The molecule has 4 atom stereocenters. The Bertz CT molecular complexity index is 570. The molecule has 0 spiro atoms. The van der Waals surface area contributed by atoms with Crippen LogP contribution in [-0.2, 0) is 14.3 Å². The molecule has 2 rings (SSSR count). The van der Waals surface area contributed by atoms with Crippen molar-refractivity contribution in [1.29, 1.82) is 0 Å². The molecule has 0 heterocycles. The molecule has 0 aromatic rings. The highest BCUT2D eigenvalue weighted by atomic mass is 16.5. The first-order chi connectivity index (χ1) is 15.1. The smallest absolute Gasteiger partial charge is 0.310 e. The second kappa shape index (κ2) is 13.0. The van der Waals surface area contributed by atoms with Crippen LogP contribution in [0.3, 0.4) is 0 Å². The van der Waals surface area contributed by atoms with E-state index in [1.807, 2.05) is 0 Å². The van der Waals surface area contributed by atoms with Gasteiger partial charge in [-0.15, -0.1) is 0 Å². The third-order valence-corrected chi connectivity index (χ3v) is 7.94. The van der Waals surface area contributed by atoms with Gasteiger partial charge in [-0.3, -0.25) is 9.59 Å². The maximum atomic E-state index is 13.2. The molecule has 2 fully saturated rings.